The number of amides is 1. The first kappa shape index (κ1) is 13.8. The molecule has 2 unspecified atom stereocenters. The molecule has 2 rings (SSSR count). The predicted octanol–water partition coefficient (Wildman–Crippen LogP) is 1.86. The van der Waals surface area contributed by atoms with Gasteiger partial charge in [0.15, 0.2) is 0 Å². The Morgan fingerprint density at radius 1 is 1.38 bits per heavy atom. The van der Waals surface area contributed by atoms with Crippen LogP contribution in [-0.4, -0.2) is 24.5 Å². The molecule has 0 bridgehead atoms. The summed E-state index contributed by atoms with van der Waals surface area (Å²) in [5, 5.41) is 6.62. The van der Waals surface area contributed by atoms with Gasteiger partial charge in [-0.15, -0.1) is 12.4 Å². The Morgan fingerprint density at radius 2 is 2.06 bits per heavy atom. The van der Waals surface area contributed by atoms with Gasteiger partial charge in [0.2, 0.25) is 5.91 Å². The summed E-state index contributed by atoms with van der Waals surface area (Å²) in [5.41, 5.74) is -0.0584. The van der Waals surface area contributed by atoms with Crippen LogP contribution in [0.1, 0.15) is 46.0 Å². The maximum Gasteiger partial charge on any atom is 0.226 e. The molecular formula is C12H23ClN2O. The molecule has 0 aromatic heterocycles. The van der Waals surface area contributed by atoms with E-state index in [0.29, 0.717) is 12.1 Å². The third kappa shape index (κ3) is 2.69. The van der Waals surface area contributed by atoms with Crippen molar-refractivity contribution in [2.45, 2.75) is 58.0 Å². The monoisotopic (exact) mass is 246 g/mol. The Balaban J connectivity index is 0.00000128. The number of nitrogens with one attached hydrogen (secondary N) is 2. The van der Waals surface area contributed by atoms with Crippen molar-refractivity contribution < 1.29 is 4.79 Å². The molecule has 0 aromatic carbocycles. The third-order valence-corrected chi connectivity index (χ3v) is 4.08. The lowest BCUT2D eigenvalue weighted by atomic mass is 9.69. The minimum atomic E-state index is -0.0584. The van der Waals surface area contributed by atoms with Crippen molar-refractivity contribution in [2.24, 2.45) is 5.41 Å². The number of carbonyl (C=O) groups excluding carboxylic acids is 1. The van der Waals surface area contributed by atoms with E-state index in [1.165, 1.54) is 12.8 Å². The van der Waals surface area contributed by atoms with Crippen LogP contribution in [0.2, 0.25) is 0 Å². The van der Waals surface area contributed by atoms with Gasteiger partial charge in [0.1, 0.15) is 0 Å². The van der Waals surface area contributed by atoms with Crippen LogP contribution in [0, 0.1) is 5.41 Å². The topological polar surface area (TPSA) is 41.1 Å². The molecule has 0 aromatic rings. The van der Waals surface area contributed by atoms with E-state index >= 15 is 0 Å². The van der Waals surface area contributed by atoms with Crippen molar-refractivity contribution in [3.05, 3.63) is 0 Å². The fourth-order valence-corrected chi connectivity index (χ4v) is 2.52. The summed E-state index contributed by atoms with van der Waals surface area (Å²) in [6.07, 6.45) is 5.63. The zero-order valence-corrected chi connectivity index (χ0v) is 11.0. The van der Waals surface area contributed by atoms with Crippen LogP contribution in [-0.2, 0) is 4.79 Å². The van der Waals surface area contributed by atoms with Crippen LogP contribution in [0.4, 0.5) is 0 Å². The second-order valence-corrected chi connectivity index (χ2v) is 5.38. The average Bonchev–Trinajstić information content (AvgIpc) is 2.18. The SMILES string of the molecule is CC1NCCCC1NC(=O)C1(C)CCC1.Cl. The van der Waals surface area contributed by atoms with Gasteiger partial charge in [0.25, 0.3) is 0 Å². The number of carbonyl (C=O) groups is 1. The minimum Gasteiger partial charge on any atom is -0.351 e. The highest BCUT2D eigenvalue weighted by molar-refractivity contribution is 5.85. The fourth-order valence-electron chi connectivity index (χ4n) is 2.52. The van der Waals surface area contributed by atoms with Gasteiger partial charge < -0.3 is 10.6 Å². The van der Waals surface area contributed by atoms with Crippen molar-refractivity contribution in [3.63, 3.8) is 0 Å². The number of halogens is 1. The molecule has 1 aliphatic carbocycles. The van der Waals surface area contributed by atoms with Gasteiger partial charge in [-0.3, -0.25) is 4.79 Å². The van der Waals surface area contributed by atoms with E-state index in [1.807, 2.05) is 0 Å². The van der Waals surface area contributed by atoms with Gasteiger partial charge in [0, 0.05) is 17.5 Å². The molecule has 0 radical (unpaired) electrons. The van der Waals surface area contributed by atoms with Crippen molar-refractivity contribution in [2.75, 3.05) is 6.54 Å². The van der Waals surface area contributed by atoms with Crippen LogP contribution in [0.15, 0.2) is 0 Å². The first-order chi connectivity index (χ1) is 7.12. The van der Waals surface area contributed by atoms with Crippen molar-refractivity contribution in [3.8, 4) is 0 Å². The highest BCUT2D eigenvalue weighted by Crippen LogP contribution is 2.40. The second kappa shape index (κ2) is 5.37. The van der Waals surface area contributed by atoms with Crippen LogP contribution in [0.3, 0.4) is 0 Å². The van der Waals surface area contributed by atoms with Crippen LogP contribution in [0.5, 0.6) is 0 Å². The van der Waals surface area contributed by atoms with E-state index in [9.17, 15) is 4.79 Å². The summed E-state index contributed by atoms with van der Waals surface area (Å²) in [7, 11) is 0. The zero-order chi connectivity index (χ0) is 10.9. The number of rotatable bonds is 2. The van der Waals surface area contributed by atoms with Crippen LogP contribution in [0.25, 0.3) is 0 Å². The molecule has 1 saturated heterocycles. The summed E-state index contributed by atoms with van der Waals surface area (Å²) in [4.78, 5) is 12.0. The molecule has 1 saturated carbocycles. The van der Waals surface area contributed by atoms with Crippen LogP contribution >= 0.6 is 12.4 Å². The molecule has 1 amide bonds. The molecule has 1 aliphatic heterocycles. The largest absolute Gasteiger partial charge is 0.351 e. The fraction of sp³-hybridized carbons (Fsp3) is 0.917. The molecule has 94 valence electrons. The van der Waals surface area contributed by atoms with E-state index < -0.39 is 0 Å². The second-order valence-electron chi connectivity index (χ2n) is 5.38. The Bertz CT molecular complexity index is 253. The quantitative estimate of drug-likeness (QED) is 0.781. The highest BCUT2D eigenvalue weighted by Gasteiger charge is 2.40. The predicted molar refractivity (Wildman–Crippen MR) is 67.8 cm³/mol. The summed E-state index contributed by atoms with van der Waals surface area (Å²) in [5.74, 6) is 0.273. The highest BCUT2D eigenvalue weighted by atomic mass is 35.5. The summed E-state index contributed by atoms with van der Waals surface area (Å²) < 4.78 is 0. The molecule has 2 atom stereocenters. The van der Waals surface area contributed by atoms with Gasteiger partial charge in [-0.05, 0) is 39.2 Å². The maximum absolute atomic E-state index is 12.0. The Hall–Kier alpha value is -0.280. The smallest absolute Gasteiger partial charge is 0.226 e. The lowest BCUT2D eigenvalue weighted by Crippen LogP contribution is -2.55. The number of hydrogen-bond acceptors (Lipinski definition) is 2. The van der Waals surface area contributed by atoms with Gasteiger partial charge in [-0.1, -0.05) is 13.3 Å². The van der Waals surface area contributed by atoms with Crippen LogP contribution < -0.4 is 10.6 Å². The zero-order valence-electron chi connectivity index (χ0n) is 10.2. The number of hydrogen-bond donors (Lipinski definition) is 2. The van der Waals surface area contributed by atoms with Crippen molar-refractivity contribution in [1.29, 1.82) is 0 Å². The van der Waals surface area contributed by atoms with E-state index in [4.69, 9.17) is 0 Å². The molecule has 2 N–H and O–H groups in total. The third-order valence-electron chi connectivity index (χ3n) is 4.08. The standard InChI is InChI=1S/C12H22N2O.ClH/c1-9-10(5-3-8-13-9)14-11(15)12(2)6-4-7-12;/h9-10,13H,3-8H2,1-2H3,(H,14,15);1H. The van der Waals surface area contributed by atoms with E-state index in [0.717, 1.165) is 25.8 Å². The van der Waals surface area contributed by atoms with Crippen molar-refractivity contribution in [1.82, 2.24) is 10.6 Å². The first-order valence-corrected chi connectivity index (χ1v) is 6.16. The lowest BCUT2D eigenvalue weighted by Gasteiger charge is -2.39. The minimum absolute atomic E-state index is 0. The molecule has 2 fully saturated rings. The molecule has 0 spiro atoms. The molecule has 1 heterocycles. The Kier molecular flexibility index (Phi) is 4.62. The lowest BCUT2D eigenvalue weighted by molar-refractivity contribution is -0.135. The van der Waals surface area contributed by atoms with E-state index in [1.54, 1.807) is 0 Å². The maximum atomic E-state index is 12.0. The molecule has 2 aliphatic rings. The molecular weight excluding hydrogens is 224 g/mol. The van der Waals surface area contributed by atoms with Crippen molar-refractivity contribution >= 4 is 18.3 Å². The summed E-state index contributed by atoms with van der Waals surface area (Å²) >= 11 is 0. The Labute approximate surface area is 104 Å². The summed E-state index contributed by atoms with van der Waals surface area (Å²) in [6.45, 7) is 5.34. The Morgan fingerprint density at radius 3 is 2.56 bits per heavy atom. The normalized spacial score (nSPS) is 32.1. The van der Waals surface area contributed by atoms with Gasteiger partial charge in [0.05, 0.1) is 0 Å². The van der Waals surface area contributed by atoms with Gasteiger partial charge in [-0.25, -0.2) is 0 Å². The molecule has 4 heteroatoms. The summed E-state index contributed by atoms with van der Waals surface area (Å²) in [6, 6.07) is 0.759. The van der Waals surface area contributed by atoms with Gasteiger partial charge >= 0.3 is 0 Å². The first-order valence-electron chi connectivity index (χ1n) is 6.16. The molecule has 3 nitrogen and oxygen atoms in total. The molecule has 16 heavy (non-hydrogen) atoms. The average molecular weight is 247 g/mol. The van der Waals surface area contributed by atoms with E-state index in [2.05, 4.69) is 24.5 Å². The number of piperidine rings is 1. The van der Waals surface area contributed by atoms with Gasteiger partial charge in [-0.2, -0.15) is 0 Å². The van der Waals surface area contributed by atoms with E-state index in [-0.39, 0.29) is 23.7 Å².